The molecule has 0 bridgehead atoms. The summed E-state index contributed by atoms with van der Waals surface area (Å²) in [6, 6.07) is 13.6. The summed E-state index contributed by atoms with van der Waals surface area (Å²) in [4.78, 5) is 17.4. The summed E-state index contributed by atoms with van der Waals surface area (Å²) in [6.45, 7) is 12.4. The maximum atomic E-state index is 12.9. The number of aromatic nitrogens is 2. The van der Waals surface area contributed by atoms with Crippen molar-refractivity contribution in [2.24, 2.45) is 0 Å². The molecule has 0 aliphatic rings. The van der Waals surface area contributed by atoms with E-state index in [4.69, 9.17) is 23.2 Å². The molecule has 1 N–H and O–H groups in total. The van der Waals surface area contributed by atoms with Crippen LogP contribution in [-0.2, 0) is 16.6 Å². The average molecular weight is 517 g/mol. The van der Waals surface area contributed by atoms with Gasteiger partial charge in [-0.3, -0.25) is 4.79 Å². The van der Waals surface area contributed by atoms with Crippen LogP contribution in [0.4, 0.5) is 5.13 Å². The van der Waals surface area contributed by atoms with Crippen LogP contribution < -0.4 is 5.32 Å². The van der Waals surface area contributed by atoms with Gasteiger partial charge in [-0.2, -0.15) is 0 Å². The van der Waals surface area contributed by atoms with Crippen molar-refractivity contribution < 1.29 is 4.79 Å². The van der Waals surface area contributed by atoms with E-state index in [0.29, 0.717) is 15.2 Å². The molecule has 4 rings (SSSR count). The number of benzene rings is 2. The molecule has 0 radical (unpaired) electrons. The van der Waals surface area contributed by atoms with Crippen LogP contribution in [0.25, 0.3) is 10.9 Å². The number of amides is 1. The first-order chi connectivity index (χ1) is 16.1. The number of hydrogen-bond donors (Lipinski definition) is 1. The molecule has 7 heteroatoms. The fraction of sp³-hybridized carbons (Fsp3) is 0.333. The van der Waals surface area contributed by atoms with E-state index in [1.54, 1.807) is 0 Å². The average Bonchev–Trinajstić information content (AvgIpc) is 3.40. The van der Waals surface area contributed by atoms with Gasteiger partial charge in [-0.15, -0.1) is 11.3 Å². The lowest BCUT2D eigenvalue weighted by molar-refractivity contribution is -0.115. The first-order valence-corrected chi connectivity index (χ1v) is 13.1. The van der Waals surface area contributed by atoms with Crippen LogP contribution in [0.5, 0.6) is 0 Å². The highest BCUT2D eigenvalue weighted by Gasteiger charge is 2.20. The standard InChI is InChI=1S/C25H25Cl2N3OS.C2H6/c1-15(18-7-5-6-8-20(18)27)30-13-16(19-12-17(26)9-10-21(19)30)11-23(31)29-24-28-22(14-32-24)25(2,3)4;1-2/h5-10,12-15H,11H2,1-4H3,(H,28,29,31);1-2H3. The van der Waals surface area contributed by atoms with Crippen LogP contribution in [0.15, 0.2) is 54.0 Å². The van der Waals surface area contributed by atoms with Gasteiger partial charge in [0, 0.05) is 37.9 Å². The Balaban J connectivity index is 0.00000158. The normalized spacial score (nSPS) is 12.2. The van der Waals surface area contributed by atoms with E-state index in [9.17, 15) is 4.79 Å². The Labute approximate surface area is 215 Å². The molecule has 1 amide bonds. The van der Waals surface area contributed by atoms with Crippen molar-refractivity contribution in [2.45, 2.75) is 59.4 Å². The molecule has 34 heavy (non-hydrogen) atoms. The topological polar surface area (TPSA) is 46.9 Å². The van der Waals surface area contributed by atoms with E-state index < -0.39 is 0 Å². The molecule has 0 spiro atoms. The van der Waals surface area contributed by atoms with Gasteiger partial charge in [0.15, 0.2) is 5.13 Å². The summed E-state index contributed by atoms with van der Waals surface area (Å²) >= 11 is 14.2. The molecule has 2 aromatic carbocycles. The van der Waals surface area contributed by atoms with E-state index in [1.165, 1.54) is 11.3 Å². The number of nitrogens with one attached hydrogen (secondary N) is 1. The lowest BCUT2D eigenvalue weighted by Crippen LogP contribution is -2.15. The van der Waals surface area contributed by atoms with Gasteiger partial charge in [0.25, 0.3) is 0 Å². The smallest absolute Gasteiger partial charge is 0.230 e. The van der Waals surface area contributed by atoms with Crippen molar-refractivity contribution in [3.63, 3.8) is 0 Å². The minimum atomic E-state index is -0.107. The van der Waals surface area contributed by atoms with Gasteiger partial charge in [0.2, 0.25) is 5.91 Å². The summed E-state index contributed by atoms with van der Waals surface area (Å²) in [5.41, 5.74) is 3.85. The van der Waals surface area contributed by atoms with E-state index in [-0.39, 0.29) is 23.8 Å². The van der Waals surface area contributed by atoms with Crippen molar-refractivity contribution in [3.8, 4) is 0 Å². The molecule has 4 aromatic rings. The van der Waals surface area contributed by atoms with Crippen LogP contribution in [0.1, 0.15) is 64.4 Å². The Hall–Kier alpha value is -2.34. The summed E-state index contributed by atoms with van der Waals surface area (Å²) in [5.74, 6) is -0.107. The number of thiazole rings is 1. The second kappa shape index (κ2) is 10.9. The second-order valence-corrected chi connectivity index (χ2v) is 10.6. The lowest BCUT2D eigenvalue weighted by atomic mass is 9.93. The Morgan fingerprint density at radius 1 is 1.15 bits per heavy atom. The predicted molar refractivity (Wildman–Crippen MR) is 147 cm³/mol. The first kappa shape index (κ1) is 26.3. The largest absolute Gasteiger partial charge is 0.340 e. The predicted octanol–water partition coefficient (Wildman–Crippen LogP) is 8.52. The zero-order valence-electron chi connectivity index (χ0n) is 20.4. The fourth-order valence-electron chi connectivity index (χ4n) is 3.73. The molecule has 2 aromatic heterocycles. The number of halogens is 2. The fourth-order valence-corrected chi connectivity index (χ4v) is 5.15. The Morgan fingerprint density at radius 3 is 2.50 bits per heavy atom. The number of carbonyl (C=O) groups is 1. The quantitative estimate of drug-likeness (QED) is 0.289. The van der Waals surface area contributed by atoms with E-state index in [0.717, 1.165) is 27.7 Å². The van der Waals surface area contributed by atoms with E-state index in [2.05, 4.69) is 42.6 Å². The van der Waals surface area contributed by atoms with Crippen LogP contribution in [-0.4, -0.2) is 15.5 Å². The van der Waals surface area contributed by atoms with Crippen molar-refractivity contribution >= 4 is 56.5 Å². The van der Waals surface area contributed by atoms with Crippen molar-refractivity contribution in [2.75, 3.05) is 5.32 Å². The molecule has 0 aliphatic heterocycles. The molecule has 4 nitrogen and oxygen atoms in total. The number of rotatable bonds is 5. The minimum absolute atomic E-state index is 0.00232. The van der Waals surface area contributed by atoms with Crippen LogP contribution in [0, 0.1) is 0 Å². The van der Waals surface area contributed by atoms with Gasteiger partial charge < -0.3 is 9.88 Å². The van der Waals surface area contributed by atoms with Gasteiger partial charge in [-0.05, 0) is 42.3 Å². The third kappa shape index (κ3) is 5.83. The summed E-state index contributed by atoms with van der Waals surface area (Å²) in [6.07, 6.45) is 2.25. The van der Waals surface area contributed by atoms with Gasteiger partial charge in [0.1, 0.15) is 0 Å². The molecule has 180 valence electrons. The van der Waals surface area contributed by atoms with Crippen molar-refractivity contribution in [1.82, 2.24) is 9.55 Å². The Kier molecular flexibility index (Phi) is 8.45. The van der Waals surface area contributed by atoms with Crippen molar-refractivity contribution in [1.29, 1.82) is 0 Å². The second-order valence-electron chi connectivity index (χ2n) is 8.93. The highest BCUT2D eigenvalue weighted by atomic mass is 35.5. The van der Waals surface area contributed by atoms with Gasteiger partial charge in [-0.1, -0.05) is 76.0 Å². The van der Waals surface area contributed by atoms with Crippen LogP contribution in [0.3, 0.4) is 0 Å². The van der Waals surface area contributed by atoms with Gasteiger partial charge in [0.05, 0.1) is 18.2 Å². The van der Waals surface area contributed by atoms with Gasteiger partial charge in [-0.25, -0.2) is 4.98 Å². The SMILES string of the molecule is CC.CC(c1ccccc1Cl)n1cc(CC(=O)Nc2nc(C(C)(C)C)cs2)c2cc(Cl)ccc21. The molecule has 0 aliphatic carbocycles. The van der Waals surface area contributed by atoms with E-state index in [1.807, 2.05) is 67.9 Å². The number of fused-ring (bicyclic) bond motifs is 1. The highest BCUT2D eigenvalue weighted by molar-refractivity contribution is 7.13. The lowest BCUT2D eigenvalue weighted by Gasteiger charge is -2.17. The number of hydrogen-bond acceptors (Lipinski definition) is 3. The monoisotopic (exact) mass is 515 g/mol. The summed E-state index contributed by atoms with van der Waals surface area (Å²) < 4.78 is 2.15. The van der Waals surface area contributed by atoms with Gasteiger partial charge >= 0.3 is 0 Å². The number of nitrogens with zero attached hydrogens (tertiary/aromatic N) is 2. The molecule has 1 unspecified atom stereocenters. The number of anilines is 1. The molecular weight excluding hydrogens is 485 g/mol. The molecular formula is C27H31Cl2N3OS. The van der Waals surface area contributed by atoms with Crippen LogP contribution >= 0.6 is 34.5 Å². The summed E-state index contributed by atoms with van der Waals surface area (Å²) in [7, 11) is 0. The molecule has 1 atom stereocenters. The summed E-state index contributed by atoms with van der Waals surface area (Å²) in [5, 5.41) is 7.87. The molecule has 0 fully saturated rings. The third-order valence-corrected chi connectivity index (χ3v) is 6.86. The minimum Gasteiger partial charge on any atom is -0.340 e. The zero-order chi connectivity index (χ0) is 25.0. The first-order valence-electron chi connectivity index (χ1n) is 11.4. The Morgan fingerprint density at radius 2 is 1.85 bits per heavy atom. The molecule has 0 saturated heterocycles. The van der Waals surface area contributed by atoms with Crippen LogP contribution in [0.2, 0.25) is 10.0 Å². The van der Waals surface area contributed by atoms with Crippen molar-refractivity contribution in [3.05, 3.63) is 80.9 Å². The van der Waals surface area contributed by atoms with E-state index >= 15 is 0 Å². The zero-order valence-corrected chi connectivity index (χ0v) is 22.8. The Bertz CT molecular complexity index is 1290. The third-order valence-electron chi connectivity index (χ3n) is 5.52. The molecule has 0 saturated carbocycles. The maximum absolute atomic E-state index is 12.9. The number of carbonyl (C=O) groups excluding carboxylic acids is 1. The highest BCUT2D eigenvalue weighted by Crippen LogP contribution is 2.33. The molecule has 2 heterocycles. The maximum Gasteiger partial charge on any atom is 0.230 e.